The van der Waals surface area contributed by atoms with E-state index in [9.17, 15) is 14.7 Å². The van der Waals surface area contributed by atoms with Crippen LogP contribution in [0.3, 0.4) is 0 Å². The van der Waals surface area contributed by atoms with Gasteiger partial charge in [-0.3, -0.25) is 9.78 Å². The normalized spacial score (nSPS) is 11.3. The summed E-state index contributed by atoms with van der Waals surface area (Å²) in [5, 5.41) is 12.3. The molecule has 0 bridgehead atoms. The fourth-order valence-corrected chi connectivity index (χ4v) is 4.94. The van der Waals surface area contributed by atoms with Gasteiger partial charge in [0.1, 0.15) is 6.04 Å². The van der Waals surface area contributed by atoms with Gasteiger partial charge in [-0.1, -0.05) is 66.7 Å². The van der Waals surface area contributed by atoms with Gasteiger partial charge in [-0.15, -0.1) is 0 Å². The van der Waals surface area contributed by atoms with Gasteiger partial charge in [-0.05, 0) is 83.7 Å². The third-order valence-corrected chi connectivity index (χ3v) is 7.23. The number of rotatable bonds is 11. The largest absolute Gasteiger partial charge is 1.00 e. The first-order valence-corrected chi connectivity index (χ1v) is 14.1. The van der Waals surface area contributed by atoms with Crippen LogP contribution in [0.5, 0.6) is 0 Å². The number of carboxylic acid groups (broad SMARTS) is 1. The van der Waals surface area contributed by atoms with Gasteiger partial charge in [0.25, 0.3) is 5.91 Å². The molecule has 0 aliphatic rings. The Kier molecular flexibility index (Phi) is 11.4. The second-order valence-electron chi connectivity index (χ2n) is 9.29. The zero-order valence-corrected chi connectivity index (χ0v) is 23.5. The zero-order valence-electron chi connectivity index (χ0n) is 23.7. The number of nitrogens with zero attached hydrogens (tertiary/aromatic N) is 1. The SMILES string of the molecule is CSCC[C@H](NC(=O)c1ccc(CCc2cncc(-c3ccccc3)c2)cc1-c1ccccc1C)C(=O)O.[H-].[Li+]. The summed E-state index contributed by atoms with van der Waals surface area (Å²) in [6.45, 7) is 2.02. The van der Waals surface area contributed by atoms with E-state index in [1.54, 1.807) is 11.8 Å². The van der Waals surface area contributed by atoms with Crippen molar-refractivity contribution in [1.29, 1.82) is 0 Å². The number of amides is 1. The Labute approximate surface area is 248 Å². The van der Waals surface area contributed by atoms with Gasteiger partial charge in [-0.25, -0.2) is 4.79 Å². The summed E-state index contributed by atoms with van der Waals surface area (Å²) < 4.78 is 0. The second kappa shape index (κ2) is 14.7. The smallest absolute Gasteiger partial charge is 1.00 e. The number of aromatic nitrogens is 1. The predicted molar refractivity (Wildman–Crippen MR) is 157 cm³/mol. The molecule has 4 rings (SSSR count). The Morgan fingerprint density at radius 3 is 2.33 bits per heavy atom. The van der Waals surface area contributed by atoms with Crippen LogP contribution in [-0.2, 0) is 17.6 Å². The molecular formula is C32H33LiN2O3S. The minimum absolute atomic E-state index is 0. The fourth-order valence-electron chi connectivity index (χ4n) is 4.47. The van der Waals surface area contributed by atoms with Gasteiger partial charge < -0.3 is 11.8 Å². The Balaban J connectivity index is 0.00000280. The number of aryl methyl sites for hydroxylation is 3. The van der Waals surface area contributed by atoms with E-state index in [0.29, 0.717) is 17.7 Å². The molecule has 1 atom stereocenters. The molecule has 0 saturated heterocycles. The van der Waals surface area contributed by atoms with Gasteiger partial charge in [0.15, 0.2) is 0 Å². The van der Waals surface area contributed by atoms with Gasteiger partial charge in [-0.2, -0.15) is 11.8 Å². The standard InChI is InChI=1S/C32H32N2O3S.Li.H/c1-22-8-6-7-11-27(22)29-19-23(14-15-28(29)31(35)34-30(32(36)37)16-17-38-2)12-13-24-18-26(21-33-20-24)25-9-4-3-5-10-25;;/h3-11,14-15,18-21,30H,12-13,16-17H2,1-2H3,(H,34,35)(H,36,37);;/q;+1;-1/t30-;;/m0../s1. The summed E-state index contributed by atoms with van der Waals surface area (Å²) >= 11 is 1.56. The molecule has 1 amide bonds. The summed E-state index contributed by atoms with van der Waals surface area (Å²) in [6, 6.07) is 25.2. The van der Waals surface area contributed by atoms with E-state index in [2.05, 4.69) is 34.6 Å². The number of nitrogens with one attached hydrogen (secondary N) is 1. The summed E-state index contributed by atoms with van der Waals surface area (Å²) in [5.74, 6) is -0.739. The molecule has 0 aliphatic heterocycles. The number of hydrogen-bond acceptors (Lipinski definition) is 4. The van der Waals surface area contributed by atoms with Crippen molar-refractivity contribution in [3.8, 4) is 22.3 Å². The van der Waals surface area contributed by atoms with E-state index < -0.39 is 12.0 Å². The van der Waals surface area contributed by atoms with Crippen molar-refractivity contribution in [3.63, 3.8) is 0 Å². The molecule has 0 fully saturated rings. The molecule has 196 valence electrons. The molecule has 39 heavy (non-hydrogen) atoms. The Hall–Kier alpha value is -3.30. The van der Waals surface area contributed by atoms with Gasteiger partial charge in [0.2, 0.25) is 0 Å². The average Bonchev–Trinajstić information content (AvgIpc) is 2.94. The third-order valence-electron chi connectivity index (χ3n) is 6.58. The monoisotopic (exact) mass is 532 g/mol. The van der Waals surface area contributed by atoms with Crippen LogP contribution in [0.15, 0.2) is 91.3 Å². The first-order valence-electron chi connectivity index (χ1n) is 12.7. The van der Waals surface area contributed by atoms with Crippen LogP contribution in [0, 0.1) is 6.92 Å². The molecule has 2 N–H and O–H groups in total. The average molecular weight is 533 g/mol. The number of carbonyl (C=O) groups excluding carboxylic acids is 1. The van der Waals surface area contributed by atoms with Crippen LogP contribution in [0.2, 0.25) is 0 Å². The number of aliphatic carboxylic acids is 1. The maximum Gasteiger partial charge on any atom is 1.00 e. The van der Waals surface area contributed by atoms with Crippen LogP contribution in [-0.4, -0.2) is 40.0 Å². The Morgan fingerprint density at radius 1 is 0.897 bits per heavy atom. The maximum atomic E-state index is 13.3. The first kappa shape index (κ1) is 30.2. The van der Waals surface area contributed by atoms with Crippen molar-refractivity contribution in [2.45, 2.75) is 32.2 Å². The van der Waals surface area contributed by atoms with E-state index in [-0.39, 0.29) is 26.2 Å². The van der Waals surface area contributed by atoms with E-state index in [1.807, 2.05) is 80.2 Å². The van der Waals surface area contributed by atoms with Crippen molar-refractivity contribution in [2.75, 3.05) is 12.0 Å². The van der Waals surface area contributed by atoms with Gasteiger partial charge in [0.05, 0.1) is 0 Å². The molecule has 4 aromatic rings. The number of thioether (sulfide) groups is 1. The maximum absolute atomic E-state index is 13.3. The quantitative estimate of drug-likeness (QED) is 0.289. The summed E-state index contributed by atoms with van der Waals surface area (Å²) in [5.41, 5.74) is 7.76. The van der Waals surface area contributed by atoms with Crippen LogP contribution in [0.1, 0.15) is 34.9 Å². The molecule has 7 heteroatoms. The van der Waals surface area contributed by atoms with Crippen molar-refractivity contribution < 1.29 is 35.0 Å². The molecule has 0 spiro atoms. The molecule has 0 radical (unpaired) electrons. The number of pyridine rings is 1. The summed E-state index contributed by atoms with van der Waals surface area (Å²) in [6.07, 6.45) is 7.66. The molecule has 0 unspecified atom stereocenters. The van der Waals surface area contributed by atoms with Crippen molar-refractivity contribution in [1.82, 2.24) is 10.3 Å². The minimum atomic E-state index is -1.02. The van der Waals surface area contributed by atoms with Crippen molar-refractivity contribution in [3.05, 3.63) is 114 Å². The van der Waals surface area contributed by atoms with Crippen LogP contribution >= 0.6 is 11.8 Å². The number of benzene rings is 3. The second-order valence-corrected chi connectivity index (χ2v) is 10.3. The summed E-state index contributed by atoms with van der Waals surface area (Å²) in [4.78, 5) is 29.5. The van der Waals surface area contributed by atoms with E-state index in [1.165, 1.54) is 0 Å². The molecule has 0 saturated carbocycles. The molecule has 1 heterocycles. The Bertz CT molecular complexity index is 1420. The fraction of sp³-hybridized carbons (Fsp3) is 0.219. The van der Waals surface area contributed by atoms with Gasteiger partial charge >= 0.3 is 24.8 Å². The molecule has 0 aliphatic carbocycles. The summed E-state index contributed by atoms with van der Waals surface area (Å²) in [7, 11) is 0. The Morgan fingerprint density at radius 2 is 1.62 bits per heavy atom. The van der Waals surface area contributed by atoms with Crippen LogP contribution < -0.4 is 24.2 Å². The van der Waals surface area contributed by atoms with E-state index >= 15 is 0 Å². The third kappa shape index (κ3) is 8.09. The molecular weight excluding hydrogens is 499 g/mol. The predicted octanol–water partition coefficient (Wildman–Crippen LogP) is 3.56. The van der Waals surface area contributed by atoms with Crippen molar-refractivity contribution >= 4 is 23.6 Å². The number of hydrogen-bond donors (Lipinski definition) is 2. The van der Waals surface area contributed by atoms with Crippen molar-refractivity contribution in [2.24, 2.45) is 0 Å². The molecule has 5 nitrogen and oxygen atoms in total. The molecule has 3 aromatic carbocycles. The number of carboxylic acids is 1. The topological polar surface area (TPSA) is 79.3 Å². The van der Waals surface area contributed by atoms with E-state index in [4.69, 9.17) is 0 Å². The van der Waals surface area contributed by atoms with Crippen LogP contribution in [0.25, 0.3) is 22.3 Å². The van der Waals surface area contributed by atoms with E-state index in [0.717, 1.165) is 51.8 Å². The molecule has 1 aromatic heterocycles. The zero-order chi connectivity index (χ0) is 26.9. The number of carbonyl (C=O) groups is 2. The minimum Gasteiger partial charge on any atom is -1.00 e. The first-order chi connectivity index (χ1) is 18.5. The van der Waals surface area contributed by atoms with Gasteiger partial charge in [0, 0.05) is 23.5 Å². The van der Waals surface area contributed by atoms with Crippen LogP contribution in [0.4, 0.5) is 0 Å².